The second-order valence-electron chi connectivity index (χ2n) is 3.62. The number of methoxy groups -OCH3 is 1. The molecule has 1 aromatic heterocycles. The van der Waals surface area contributed by atoms with E-state index >= 15 is 0 Å². The SMILES string of the molecule is COC(=O)C(C)CC(O)c1cnn(C)c1. The molecule has 0 aliphatic carbocycles. The van der Waals surface area contributed by atoms with Gasteiger partial charge in [0.25, 0.3) is 0 Å². The molecule has 0 spiro atoms. The molecule has 0 saturated carbocycles. The van der Waals surface area contributed by atoms with E-state index in [1.165, 1.54) is 7.11 Å². The number of aliphatic hydroxyl groups excluding tert-OH is 1. The summed E-state index contributed by atoms with van der Waals surface area (Å²) < 4.78 is 6.20. The van der Waals surface area contributed by atoms with Crippen LogP contribution < -0.4 is 0 Å². The molecule has 0 radical (unpaired) electrons. The summed E-state index contributed by atoms with van der Waals surface area (Å²) in [7, 11) is 3.12. The number of esters is 1. The third-order valence-corrected chi connectivity index (χ3v) is 2.29. The molecule has 84 valence electrons. The maximum Gasteiger partial charge on any atom is 0.308 e. The molecule has 0 saturated heterocycles. The highest BCUT2D eigenvalue weighted by Gasteiger charge is 2.19. The van der Waals surface area contributed by atoms with Crippen molar-refractivity contribution >= 4 is 5.97 Å². The molecule has 0 aliphatic heterocycles. The predicted molar refractivity (Wildman–Crippen MR) is 54.0 cm³/mol. The minimum absolute atomic E-state index is 0.307. The Bertz CT molecular complexity index is 335. The molecule has 0 bridgehead atoms. The summed E-state index contributed by atoms with van der Waals surface area (Å²) in [6.45, 7) is 1.73. The molecule has 0 aromatic carbocycles. The maximum atomic E-state index is 11.1. The summed E-state index contributed by atoms with van der Waals surface area (Å²) in [6.07, 6.45) is 3.00. The van der Waals surface area contributed by atoms with Crippen molar-refractivity contribution in [1.82, 2.24) is 9.78 Å². The number of carbonyl (C=O) groups excluding carboxylic acids is 1. The highest BCUT2D eigenvalue weighted by atomic mass is 16.5. The van der Waals surface area contributed by atoms with Crippen molar-refractivity contribution in [3.05, 3.63) is 18.0 Å². The van der Waals surface area contributed by atoms with Crippen LogP contribution in [-0.4, -0.2) is 28.0 Å². The molecule has 1 rings (SSSR count). The molecule has 15 heavy (non-hydrogen) atoms. The summed E-state index contributed by atoms with van der Waals surface area (Å²) in [5.74, 6) is -0.622. The summed E-state index contributed by atoms with van der Waals surface area (Å²) in [5, 5.41) is 13.7. The van der Waals surface area contributed by atoms with Gasteiger partial charge in [-0.2, -0.15) is 5.10 Å². The van der Waals surface area contributed by atoms with Crippen LogP contribution in [0.2, 0.25) is 0 Å². The number of nitrogens with zero attached hydrogens (tertiary/aromatic N) is 2. The number of rotatable bonds is 4. The average Bonchev–Trinajstić information content (AvgIpc) is 2.63. The molecule has 1 heterocycles. The lowest BCUT2D eigenvalue weighted by Gasteiger charge is -2.12. The van der Waals surface area contributed by atoms with Crippen molar-refractivity contribution in [1.29, 1.82) is 0 Å². The Kier molecular flexibility index (Phi) is 3.85. The highest BCUT2D eigenvalue weighted by Crippen LogP contribution is 2.20. The number of hydrogen-bond acceptors (Lipinski definition) is 4. The van der Waals surface area contributed by atoms with Crippen LogP contribution in [0.3, 0.4) is 0 Å². The third kappa shape index (κ3) is 3.06. The minimum Gasteiger partial charge on any atom is -0.469 e. The van der Waals surface area contributed by atoms with E-state index in [0.717, 1.165) is 0 Å². The Hall–Kier alpha value is -1.36. The Morgan fingerprint density at radius 1 is 1.73 bits per heavy atom. The lowest BCUT2D eigenvalue weighted by atomic mass is 10.0. The Balaban J connectivity index is 2.55. The molecule has 1 N–H and O–H groups in total. The van der Waals surface area contributed by atoms with Gasteiger partial charge in [0.1, 0.15) is 0 Å². The molecule has 2 atom stereocenters. The van der Waals surface area contributed by atoms with E-state index in [2.05, 4.69) is 9.84 Å². The van der Waals surface area contributed by atoms with Crippen LogP contribution >= 0.6 is 0 Å². The molecule has 0 amide bonds. The lowest BCUT2D eigenvalue weighted by Crippen LogP contribution is -2.15. The number of hydrogen-bond donors (Lipinski definition) is 1. The number of aryl methyl sites for hydroxylation is 1. The fourth-order valence-electron chi connectivity index (χ4n) is 1.38. The van der Waals surface area contributed by atoms with Crippen LogP contribution in [0.15, 0.2) is 12.4 Å². The van der Waals surface area contributed by atoms with E-state index in [0.29, 0.717) is 12.0 Å². The third-order valence-electron chi connectivity index (χ3n) is 2.29. The number of ether oxygens (including phenoxy) is 1. The van der Waals surface area contributed by atoms with Gasteiger partial charge in [-0.15, -0.1) is 0 Å². The first-order valence-electron chi connectivity index (χ1n) is 4.79. The van der Waals surface area contributed by atoms with E-state index in [-0.39, 0.29) is 11.9 Å². The zero-order valence-electron chi connectivity index (χ0n) is 9.17. The van der Waals surface area contributed by atoms with E-state index in [9.17, 15) is 9.90 Å². The van der Waals surface area contributed by atoms with Crippen molar-refractivity contribution < 1.29 is 14.6 Å². The Morgan fingerprint density at radius 3 is 2.87 bits per heavy atom. The van der Waals surface area contributed by atoms with Gasteiger partial charge >= 0.3 is 5.97 Å². The first-order valence-corrected chi connectivity index (χ1v) is 4.79. The van der Waals surface area contributed by atoms with Gasteiger partial charge in [-0.1, -0.05) is 6.92 Å². The smallest absolute Gasteiger partial charge is 0.308 e. The number of carbonyl (C=O) groups is 1. The zero-order chi connectivity index (χ0) is 11.4. The highest BCUT2D eigenvalue weighted by molar-refractivity contribution is 5.71. The average molecular weight is 212 g/mol. The predicted octanol–water partition coefficient (Wildman–Crippen LogP) is 0.653. The van der Waals surface area contributed by atoms with E-state index < -0.39 is 6.10 Å². The van der Waals surface area contributed by atoms with Gasteiger partial charge in [-0.25, -0.2) is 0 Å². The first kappa shape index (κ1) is 11.7. The molecule has 0 aliphatic rings. The summed E-state index contributed by atoms with van der Waals surface area (Å²) >= 11 is 0. The van der Waals surface area contributed by atoms with Crippen LogP contribution in [0.1, 0.15) is 25.0 Å². The topological polar surface area (TPSA) is 64.3 Å². The van der Waals surface area contributed by atoms with Gasteiger partial charge in [0, 0.05) is 18.8 Å². The van der Waals surface area contributed by atoms with Gasteiger partial charge in [0.2, 0.25) is 0 Å². The van der Waals surface area contributed by atoms with Crippen molar-refractivity contribution in [2.24, 2.45) is 13.0 Å². The zero-order valence-corrected chi connectivity index (χ0v) is 9.17. The van der Waals surface area contributed by atoms with Gasteiger partial charge < -0.3 is 9.84 Å². The Labute approximate surface area is 88.7 Å². The summed E-state index contributed by atoms with van der Waals surface area (Å²) in [4.78, 5) is 11.1. The molecular formula is C10H16N2O3. The second-order valence-corrected chi connectivity index (χ2v) is 3.62. The molecule has 5 nitrogen and oxygen atoms in total. The quantitative estimate of drug-likeness (QED) is 0.744. The van der Waals surface area contributed by atoms with Crippen molar-refractivity contribution in [3.8, 4) is 0 Å². The molecule has 5 heteroatoms. The first-order chi connectivity index (χ1) is 7.04. The summed E-state index contributed by atoms with van der Waals surface area (Å²) in [6, 6.07) is 0. The fourth-order valence-corrected chi connectivity index (χ4v) is 1.38. The Morgan fingerprint density at radius 2 is 2.40 bits per heavy atom. The van der Waals surface area contributed by atoms with E-state index in [1.54, 1.807) is 31.0 Å². The van der Waals surface area contributed by atoms with E-state index in [4.69, 9.17) is 0 Å². The summed E-state index contributed by atoms with van der Waals surface area (Å²) in [5.41, 5.74) is 0.716. The van der Waals surface area contributed by atoms with Crippen LogP contribution in [0.25, 0.3) is 0 Å². The monoisotopic (exact) mass is 212 g/mol. The van der Waals surface area contributed by atoms with Gasteiger partial charge in [-0.05, 0) is 6.42 Å². The van der Waals surface area contributed by atoms with Crippen molar-refractivity contribution in [2.75, 3.05) is 7.11 Å². The fraction of sp³-hybridized carbons (Fsp3) is 0.600. The number of aromatic nitrogens is 2. The van der Waals surface area contributed by atoms with Crippen LogP contribution in [0, 0.1) is 5.92 Å². The second kappa shape index (κ2) is 4.93. The van der Waals surface area contributed by atoms with Gasteiger partial charge in [-0.3, -0.25) is 9.48 Å². The van der Waals surface area contributed by atoms with Gasteiger partial charge in [0.15, 0.2) is 0 Å². The molecule has 2 unspecified atom stereocenters. The largest absolute Gasteiger partial charge is 0.469 e. The molecule has 0 fully saturated rings. The molecule has 1 aromatic rings. The van der Waals surface area contributed by atoms with Crippen LogP contribution in [0.5, 0.6) is 0 Å². The lowest BCUT2D eigenvalue weighted by molar-refractivity contribution is -0.145. The normalized spacial score (nSPS) is 14.7. The minimum atomic E-state index is -0.673. The maximum absolute atomic E-state index is 11.1. The molecular weight excluding hydrogens is 196 g/mol. The van der Waals surface area contributed by atoms with Crippen molar-refractivity contribution in [3.63, 3.8) is 0 Å². The van der Waals surface area contributed by atoms with Crippen molar-refractivity contribution in [2.45, 2.75) is 19.4 Å². The number of aliphatic hydroxyl groups is 1. The van der Waals surface area contributed by atoms with Gasteiger partial charge in [0.05, 0.1) is 25.3 Å². The van der Waals surface area contributed by atoms with Crippen LogP contribution in [-0.2, 0) is 16.6 Å². The van der Waals surface area contributed by atoms with E-state index in [1.807, 2.05) is 0 Å². The standard InChI is InChI=1S/C10H16N2O3/c1-7(10(14)15-3)4-9(13)8-5-11-12(2)6-8/h5-7,9,13H,4H2,1-3H3. The van der Waals surface area contributed by atoms with Crippen LogP contribution in [0.4, 0.5) is 0 Å².